The van der Waals surface area contributed by atoms with Gasteiger partial charge in [-0.1, -0.05) is 12.1 Å². The Labute approximate surface area is 167 Å². The number of hydrogen-bond acceptors (Lipinski definition) is 6. The quantitative estimate of drug-likeness (QED) is 0.684. The van der Waals surface area contributed by atoms with Crippen molar-refractivity contribution < 1.29 is 14.7 Å². The standard InChI is InChI=1S/C20H20N6O3/c27-19(14-5-10-25(11-6-14)18-13-21-8-9-22-18)23-15-3-1-2-4-17(15)26-12-7-16(24-26)20(28)29/h1-4,7-9,12-14H,5-6,10-11H2,(H,23,27)(H,28,29). The number of aromatic carboxylic acids is 1. The van der Waals surface area contributed by atoms with E-state index in [2.05, 4.69) is 25.3 Å². The van der Waals surface area contributed by atoms with Crippen LogP contribution in [-0.2, 0) is 4.79 Å². The van der Waals surface area contributed by atoms with Crippen molar-refractivity contribution in [1.29, 1.82) is 0 Å². The van der Waals surface area contributed by atoms with Gasteiger partial charge in [0.25, 0.3) is 0 Å². The molecule has 0 atom stereocenters. The zero-order valence-corrected chi connectivity index (χ0v) is 15.6. The first kappa shape index (κ1) is 18.6. The lowest BCUT2D eigenvalue weighted by molar-refractivity contribution is -0.120. The molecule has 0 bridgehead atoms. The van der Waals surface area contributed by atoms with Gasteiger partial charge in [0.15, 0.2) is 5.69 Å². The summed E-state index contributed by atoms with van der Waals surface area (Å²) in [5.41, 5.74) is 1.15. The molecule has 0 saturated carbocycles. The van der Waals surface area contributed by atoms with Crippen LogP contribution < -0.4 is 10.2 Å². The lowest BCUT2D eigenvalue weighted by Gasteiger charge is -2.31. The van der Waals surface area contributed by atoms with Crippen LogP contribution in [0.15, 0.2) is 55.1 Å². The molecule has 1 fully saturated rings. The van der Waals surface area contributed by atoms with E-state index in [1.54, 1.807) is 36.9 Å². The number of nitrogens with one attached hydrogen (secondary N) is 1. The van der Waals surface area contributed by atoms with E-state index in [0.29, 0.717) is 11.4 Å². The van der Waals surface area contributed by atoms with E-state index in [1.807, 2.05) is 12.1 Å². The molecule has 3 heterocycles. The Morgan fingerprint density at radius 2 is 1.90 bits per heavy atom. The summed E-state index contributed by atoms with van der Waals surface area (Å²) < 4.78 is 1.45. The van der Waals surface area contributed by atoms with Gasteiger partial charge in [-0.15, -0.1) is 0 Å². The van der Waals surface area contributed by atoms with Gasteiger partial charge in [-0.05, 0) is 31.0 Å². The Bertz CT molecular complexity index is 1010. The number of amides is 1. The summed E-state index contributed by atoms with van der Waals surface area (Å²) in [5.74, 6) is -0.435. The Morgan fingerprint density at radius 1 is 1.10 bits per heavy atom. The number of para-hydroxylation sites is 2. The molecule has 1 aliphatic heterocycles. The second-order valence-corrected chi connectivity index (χ2v) is 6.78. The fourth-order valence-electron chi connectivity index (χ4n) is 3.41. The molecule has 0 aliphatic carbocycles. The molecule has 4 rings (SSSR count). The van der Waals surface area contributed by atoms with Gasteiger partial charge >= 0.3 is 5.97 Å². The molecule has 2 aromatic heterocycles. The first-order chi connectivity index (χ1) is 14.1. The van der Waals surface area contributed by atoms with Crippen LogP contribution in [0.3, 0.4) is 0 Å². The molecule has 0 unspecified atom stereocenters. The van der Waals surface area contributed by atoms with Crippen LogP contribution in [0.5, 0.6) is 0 Å². The minimum atomic E-state index is -1.10. The van der Waals surface area contributed by atoms with E-state index >= 15 is 0 Å². The number of carboxylic acids is 1. The molecule has 1 aliphatic rings. The predicted octanol–water partition coefficient (Wildman–Crippen LogP) is 2.22. The third-order valence-corrected chi connectivity index (χ3v) is 4.96. The third kappa shape index (κ3) is 4.08. The van der Waals surface area contributed by atoms with Crippen LogP contribution in [0.25, 0.3) is 5.69 Å². The van der Waals surface area contributed by atoms with Gasteiger partial charge in [0.1, 0.15) is 5.82 Å². The topological polar surface area (TPSA) is 113 Å². The van der Waals surface area contributed by atoms with Gasteiger partial charge in [0.2, 0.25) is 5.91 Å². The maximum absolute atomic E-state index is 12.8. The Balaban J connectivity index is 1.43. The van der Waals surface area contributed by atoms with E-state index in [9.17, 15) is 9.59 Å². The fraction of sp³-hybridized carbons (Fsp3) is 0.250. The zero-order chi connectivity index (χ0) is 20.2. The van der Waals surface area contributed by atoms with Crippen molar-refractivity contribution in [1.82, 2.24) is 19.7 Å². The summed E-state index contributed by atoms with van der Waals surface area (Å²) in [5, 5.41) is 16.1. The molecule has 29 heavy (non-hydrogen) atoms. The Morgan fingerprint density at radius 3 is 2.59 bits per heavy atom. The lowest BCUT2D eigenvalue weighted by Crippen LogP contribution is -2.38. The van der Waals surface area contributed by atoms with Gasteiger partial charge in [-0.3, -0.25) is 9.78 Å². The van der Waals surface area contributed by atoms with Gasteiger partial charge < -0.3 is 15.3 Å². The average molecular weight is 392 g/mol. The van der Waals surface area contributed by atoms with Crippen molar-refractivity contribution in [2.75, 3.05) is 23.3 Å². The van der Waals surface area contributed by atoms with Crippen molar-refractivity contribution in [2.45, 2.75) is 12.8 Å². The molecule has 3 aromatic rings. The highest BCUT2D eigenvalue weighted by molar-refractivity contribution is 5.94. The maximum atomic E-state index is 12.8. The summed E-state index contributed by atoms with van der Waals surface area (Å²) in [6, 6.07) is 8.61. The number of piperidine rings is 1. The molecule has 148 valence electrons. The molecule has 0 radical (unpaired) electrons. The highest BCUT2D eigenvalue weighted by Crippen LogP contribution is 2.25. The van der Waals surface area contributed by atoms with E-state index < -0.39 is 5.97 Å². The fourth-order valence-corrected chi connectivity index (χ4v) is 3.41. The SMILES string of the molecule is O=C(O)c1ccn(-c2ccccc2NC(=O)C2CCN(c3cnccn3)CC2)n1. The number of carbonyl (C=O) groups excluding carboxylic acids is 1. The molecule has 1 amide bonds. The number of rotatable bonds is 5. The number of carbonyl (C=O) groups is 2. The summed E-state index contributed by atoms with van der Waals surface area (Å²) in [6.07, 6.45) is 8.03. The van der Waals surface area contributed by atoms with Crippen LogP contribution in [-0.4, -0.2) is 49.8 Å². The van der Waals surface area contributed by atoms with Gasteiger partial charge in [-0.2, -0.15) is 5.10 Å². The number of nitrogens with zero attached hydrogens (tertiary/aromatic N) is 5. The molecular formula is C20H20N6O3. The third-order valence-electron chi connectivity index (χ3n) is 4.96. The number of benzene rings is 1. The molecule has 1 aromatic carbocycles. The second kappa shape index (κ2) is 8.09. The molecular weight excluding hydrogens is 372 g/mol. The minimum absolute atomic E-state index is 0.0532. The van der Waals surface area contributed by atoms with Gasteiger partial charge in [-0.25, -0.2) is 14.5 Å². The highest BCUT2D eigenvalue weighted by Gasteiger charge is 2.26. The molecule has 9 heteroatoms. The smallest absolute Gasteiger partial charge is 0.356 e. The van der Waals surface area contributed by atoms with Gasteiger partial charge in [0.05, 0.1) is 17.6 Å². The van der Waals surface area contributed by atoms with Crippen molar-refractivity contribution in [3.05, 3.63) is 60.8 Å². The number of hydrogen-bond donors (Lipinski definition) is 2. The highest BCUT2D eigenvalue weighted by atomic mass is 16.4. The summed E-state index contributed by atoms with van der Waals surface area (Å²) >= 11 is 0. The Kier molecular flexibility index (Phi) is 5.19. The number of aromatic nitrogens is 4. The summed E-state index contributed by atoms with van der Waals surface area (Å²) in [7, 11) is 0. The van der Waals surface area contributed by atoms with Gasteiger partial charge in [0, 0.05) is 37.6 Å². The number of carboxylic acid groups (broad SMARTS) is 1. The first-order valence-corrected chi connectivity index (χ1v) is 9.32. The van der Waals surface area contributed by atoms with Crippen molar-refractivity contribution >= 4 is 23.4 Å². The Hall–Kier alpha value is -3.75. The molecule has 9 nitrogen and oxygen atoms in total. The van der Waals surface area contributed by atoms with E-state index in [4.69, 9.17) is 5.11 Å². The first-order valence-electron chi connectivity index (χ1n) is 9.32. The average Bonchev–Trinajstić information content (AvgIpc) is 3.25. The summed E-state index contributed by atoms with van der Waals surface area (Å²) in [4.78, 5) is 34.4. The van der Waals surface area contributed by atoms with Crippen LogP contribution in [0.1, 0.15) is 23.3 Å². The lowest BCUT2D eigenvalue weighted by atomic mass is 9.96. The van der Waals surface area contributed by atoms with E-state index in [-0.39, 0.29) is 17.5 Å². The van der Waals surface area contributed by atoms with Crippen molar-refractivity contribution in [3.8, 4) is 5.69 Å². The molecule has 1 saturated heterocycles. The van der Waals surface area contributed by atoms with Crippen LogP contribution in [0.2, 0.25) is 0 Å². The van der Waals surface area contributed by atoms with Crippen LogP contribution in [0.4, 0.5) is 11.5 Å². The van der Waals surface area contributed by atoms with Crippen molar-refractivity contribution in [3.63, 3.8) is 0 Å². The zero-order valence-electron chi connectivity index (χ0n) is 15.6. The molecule has 0 spiro atoms. The largest absolute Gasteiger partial charge is 0.476 e. The predicted molar refractivity (Wildman–Crippen MR) is 106 cm³/mol. The monoisotopic (exact) mass is 392 g/mol. The van der Waals surface area contributed by atoms with Crippen LogP contribution >= 0.6 is 0 Å². The molecule has 2 N–H and O–H groups in total. The normalized spacial score (nSPS) is 14.6. The second-order valence-electron chi connectivity index (χ2n) is 6.78. The van der Waals surface area contributed by atoms with Crippen molar-refractivity contribution in [2.24, 2.45) is 5.92 Å². The van der Waals surface area contributed by atoms with E-state index in [0.717, 1.165) is 31.7 Å². The summed E-state index contributed by atoms with van der Waals surface area (Å²) in [6.45, 7) is 1.47. The van der Waals surface area contributed by atoms with Crippen LogP contribution in [0, 0.1) is 5.92 Å². The minimum Gasteiger partial charge on any atom is -0.476 e. The maximum Gasteiger partial charge on any atom is 0.356 e. The van der Waals surface area contributed by atoms with E-state index in [1.165, 1.54) is 10.7 Å². The number of anilines is 2.